The molecule has 32 heavy (non-hydrogen) atoms. The molecule has 0 saturated carbocycles. The van der Waals surface area contributed by atoms with E-state index < -0.39 is 12.0 Å². The minimum Gasteiger partial charge on any atom is -0.493 e. The number of nitrogens with zero attached hydrogens (tertiary/aromatic N) is 2. The first-order chi connectivity index (χ1) is 15.4. The fourth-order valence-electron chi connectivity index (χ4n) is 3.02. The highest BCUT2D eigenvalue weighted by atomic mass is 32.2. The summed E-state index contributed by atoms with van der Waals surface area (Å²) in [7, 11) is 4.34. The van der Waals surface area contributed by atoms with Crippen molar-refractivity contribution in [2.75, 3.05) is 27.1 Å². The molecule has 1 atom stereocenters. The molecule has 1 unspecified atom stereocenters. The van der Waals surface area contributed by atoms with Crippen LogP contribution < -0.4 is 20.3 Å². The standard InChI is InChI=1S/C21H23N3O6S2/c1-28-16-5-4-13(8-17(16)29-2)15(10-20(27)30-3)23-18(25)12-31-11-14-9-19(26)24-6-7-32-21(24)22-14/h4-9,15H,10-12H2,1-3H3,(H,23,25). The van der Waals surface area contributed by atoms with Gasteiger partial charge in [0.05, 0.1) is 45.2 Å². The lowest BCUT2D eigenvalue weighted by Crippen LogP contribution is -2.31. The first-order valence-corrected chi connectivity index (χ1v) is 11.6. The van der Waals surface area contributed by atoms with Crippen molar-refractivity contribution in [3.63, 3.8) is 0 Å². The van der Waals surface area contributed by atoms with Crippen LogP contribution in [0.1, 0.15) is 23.7 Å². The van der Waals surface area contributed by atoms with Gasteiger partial charge in [0.25, 0.3) is 5.56 Å². The van der Waals surface area contributed by atoms with E-state index in [2.05, 4.69) is 10.3 Å². The summed E-state index contributed by atoms with van der Waals surface area (Å²) >= 11 is 2.71. The molecule has 9 nitrogen and oxygen atoms in total. The Morgan fingerprint density at radius 1 is 1.19 bits per heavy atom. The summed E-state index contributed by atoms with van der Waals surface area (Å²) in [6.45, 7) is 0. The molecule has 1 aromatic carbocycles. The zero-order chi connectivity index (χ0) is 23.1. The number of aromatic nitrogens is 2. The smallest absolute Gasteiger partial charge is 0.307 e. The number of methoxy groups -OCH3 is 3. The Labute approximate surface area is 192 Å². The lowest BCUT2D eigenvalue weighted by Gasteiger charge is -2.19. The van der Waals surface area contributed by atoms with Crippen molar-refractivity contribution >= 4 is 39.9 Å². The van der Waals surface area contributed by atoms with E-state index in [1.807, 2.05) is 0 Å². The largest absolute Gasteiger partial charge is 0.493 e. The summed E-state index contributed by atoms with van der Waals surface area (Å²) in [4.78, 5) is 41.6. The van der Waals surface area contributed by atoms with Crippen LogP contribution in [0.15, 0.2) is 40.6 Å². The first-order valence-electron chi connectivity index (χ1n) is 9.56. The summed E-state index contributed by atoms with van der Waals surface area (Å²) in [5.74, 6) is 0.871. The van der Waals surface area contributed by atoms with E-state index in [0.717, 1.165) is 0 Å². The number of thiazole rings is 1. The number of carbonyl (C=O) groups is 2. The van der Waals surface area contributed by atoms with Gasteiger partial charge in [0.2, 0.25) is 5.91 Å². The average molecular weight is 478 g/mol. The number of hydrogen-bond donors (Lipinski definition) is 1. The monoisotopic (exact) mass is 477 g/mol. The van der Waals surface area contributed by atoms with Gasteiger partial charge in [0, 0.05) is 23.4 Å². The highest BCUT2D eigenvalue weighted by Gasteiger charge is 2.21. The molecule has 0 aliphatic carbocycles. The van der Waals surface area contributed by atoms with Crippen molar-refractivity contribution in [3.8, 4) is 11.5 Å². The number of amides is 1. The highest BCUT2D eigenvalue weighted by molar-refractivity contribution is 7.99. The number of nitrogens with one attached hydrogen (secondary N) is 1. The summed E-state index contributed by atoms with van der Waals surface area (Å²) in [6.07, 6.45) is 1.64. The van der Waals surface area contributed by atoms with Crippen LogP contribution in [0.5, 0.6) is 11.5 Å². The van der Waals surface area contributed by atoms with Gasteiger partial charge in [-0.15, -0.1) is 23.1 Å². The number of fused-ring (bicyclic) bond motifs is 1. The molecule has 11 heteroatoms. The summed E-state index contributed by atoms with van der Waals surface area (Å²) in [5.41, 5.74) is 1.15. The third kappa shape index (κ3) is 5.80. The van der Waals surface area contributed by atoms with Gasteiger partial charge in [-0.25, -0.2) is 4.98 Å². The second-order valence-electron chi connectivity index (χ2n) is 6.65. The zero-order valence-electron chi connectivity index (χ0n) is 17.8. The van der Waals surface area contributed by atoms with Gasteiger partial charge in [-0.2, -0.15) is 0 Å². The van der Waals surface area contributed by atoms with E-state index in [1.54, 1.807) is 29.8 Å². The fourth-order valence-corrected chi connectivity index (χ4v) is 4.48. The Balaban J connectivity index is 1.65. The average Bonchev–Trinajstić information content (AvgIpc) is 3.27. The quantitative estimate of drug-likeness (QED) is 0.444. The maximum absolute atomic E-state index is 12.6. The first kappa shape index (κ1) is 23.6. The molecule has 170 valence electrons. The molecule has 3 rings (SSSR count). The van der Waals surface area contributed by atoms with Crippen LogP contribution >= 0.6 is 23.1 Å². The van der Waals surface area contributed by atoms with Crippen molar-refractivity contribution in [3.05, 3.63) is 57.5 Å². The van der Waals surface area contributed by atoms with Crippen LogP contribution in [0.25, 0.3) is 4.96 Å². The molecular weight excluding hydrogens is 454 g/mol. The van der Waals surface area contributed by atoms with E-state index in [9.17, 15) is 14.4 Å². The molecule has 0 bridgehead atoms. The number of rotatable bonds is 10. The van der Waals surface area contributed by atoms with Gasteiger partial charge < -0.3 is 19.5 Å². The number of ether oxygens (including phenoxy) is 3. The molecule has 0 aliphatic heterocycles. The van der Waals surface area contributed by atoms with Crippen molar-refractivity contribution in [2.45, 2.75) is 18.2 Å². The molecule has 2 aromatic heterocycles. The van der Waals surface area contributed by atoms with E-state index in [0.29, 0.717) is 33.5 Å². The Bertz CT molecular complexity index is 1160. The molecule has 0 aliphatic rings. The SMILES string of the molecule is COC(=O)CC(NC(=O)CSCc1cc(=O)n2ccsc2n1)c1ccc(OC)c(OC)c1. The van der Waals surface area contributed by atoms with Crippen LogP contribution in [-0.4, -0.2) is 48.3 Å². The van der Waals surface area contributed by atoms with Crippen LogP contribution in [-0.2, 0) is 20.1 Å². The summed E-state index contributed by atoms with van der Waals surface area (Å²) in [6, 6.07) is 6.06. The Kier molecular flexibility index (Phi) is 8.12. The predicted molar refractivity (Wildman–Crippen MR) is 123 cm³/mol. The fraction of sp³-hybridized carbons (Fsp3) is 0.333. The van der Waals surface area contributed by atoms with Gasteiger partial charge in [-0.3, -0.25) is 18.8 Å². The number of hydrogen-bond acceptors (Lipinski definition) is 9. The van der Waals surface area contributed by atoms with Gasteiger partial charge >= 0.3 is 5.97 Å². The van der Waals surface area contributed by atoms with E-state index in [4.69, 9.17) is 14.2 Å². The molecule has 0 spiro atoms. The molecule has 3 aromatic rings. The van der Waals surface area contributed by atoms with Crippen molar-refractivity contribution in [1.82, 2.24) is 14.7 Å². The molecular formula is C21H23N3O6S2. The van der Waals surface area contributed by atoms with Crippen LogP contribution in [0.4, 0.5) is 0 Å². The Morgan fingerprint density at radius 3 is 2.69 bits per heavy atom. The van der Waals surface area contributed by atoms with Crippen molar-refractivity contribution in [1.29, 1.82) is 0 Å². The van der Waals surface area contributed by atoms with E-state index in [1.165, 1.54) is 54.9 Å². The van der Waals surface area contributed by atoms with Gasteiger partial charge in [-0.1, -0.05) is 6.07 Å². The number of thioether (sulfide) groups is 1. The van der Waals surface area contributed by atoms with Crippen LogP contribution in [0.2, 0.25) is 0 Å². The van der Waals surface area contributed by atoms with Gasteiger partial charge in [0.1, 0.15) is 0 Å². The maximum Gasteiger partial charge on any atom is 0.307 e. The minimum atomic E-state index is -0.597. The topological polar surface area (TPSA) is 108 Å². The molecule has 1 N–H and O–H groups in total. The Morgan fingerprint density at radius 2 is 1.97 bits per heavy atom. The normalized spacial score (nSPS) is 11.7. The second kappa shape index (κ2) is 11.0. The molecule has 2 heterocycles. The molecule has 0 saturated heterocycles. The van der Waals surface area contributed by atoms with Crippen LogP contribution in [0, 0.1) is 0 Å². The summed E-state index contributed by atoms with van der Waals surface area (Å²) < 4.78 is 16.8. The summed E-state index contributed by atoms with van der Waals surface area (Å²) in [5, 5.41) is 4.66. The van der Waals surface area contributed by atoms with Crippen molar-refractivity contribution < 1.29 is 23.8 Å². The van der Waals surface area contributed by atoms with Crippen molar-refractivity contribution in [2.24, 2.45) is 0 Å². The van der Waals surface area contributed by atoms with E-state index in [-0.39, 0.29) is 23.6 Å². The minimum absolute atomic E-state index is 0.0320. The van der Waals surface area contributed by atoms with Gasteiger partial charge in [0.15, 0.2) is 16.5 Å². The molecule has 0 radical (unpaired) electrons. The highest BCUT2D eigenvalue weighted by Crippen LogP contribution is 2.31. The zero-order valence-corrected chi connectivity index (χ0v) is 19.5. The molecule has 0 fully saturated rings. The lowest BCUT2D eigenvalue weighted by molar-refractivity contribution is -0.141. The van der Waals surface area contributed by atoms with Crippen LogP contribution in [0.3, 0.4) is 0 Å². The number of carbonyl (C=O) groups excluding carboxylic acids is 2. The van der Waals surface area contributed by atoms with Gasteiger partial charge in [-0.05, 0) is 17.7 Å². The number of benzene rings is 1. The number of esters is 1. The lowest BCUT2D eigenvalue weighted by atomic mass is 10.0. The van der Waals surface area contributed by atoms with E-state index >= 15 is 0 Å². The second-order valence-corrected chi connectivity index (χ2v) is 8.51. The third-order valence-corrected chi connectivity index (χ3v) is 6.31. The predicted octanol–water partition coefficient (Wildman–Crippen LogP) is 2.43. The Hall–Kier alpha value is -3.05. The third-order valence-electron chi connectivity index (χ3n) is 4.58. The molecule has 1 amide bonds. The maximum atomic E-state index is 12.6.